The summed E-state index contributed by atoms with van der Waals surface area (Å²) in [7, 11) is 0. The first-order chi connectivity index (χ1) is 8.75. The number of carbonyl (C=O) groups is 1. The Morgan fingerprint density at radius 2 is 1.45 bits per heavy atom. The van der Waals surface area contributed by atoms with Crippen LogP contribution in [-0.2, 0) is 9.53 Å². The van der Waals surface area contributed by atoms with Crippen LogP contribution in [0.15, 0.2) is 11.5 Å². The van der Waals surface area contributed by atoms with Crippen LogP contribution >= 0.6 is 0 Å². The molecule has 1 rings (SSSR count). The maximum absolute atomic E-state index is 11.2. The van der Waals surface area contributed by atoms with Crippen LogP contribution in [0.25, 0.3) is 0 Å². The Bertz CT molecular complexity index is 424. The van der Waals surface area contributed by atoms with E-state index in [1.54, 1.807) is 41.5 Å². The highest BCUT2D eigenvalue weighted by Crippen LogP contribution is 2.48. The molecule has 0 spiro atoms. The van der Waals surface area contributed by atoms with E-state index >= 15 is 0 Å². The van der Waals surface area contributed by atoms with Crippen molar-refractivity contribution < 1.29 is 30.0 Å². The molecule has 0 aromatic carbocycles. The molecular formula is C14H24O6. The first-order valence-corrected chi connectivity index (χ1v) is 6.48. The fraction of sp³-hybridized carbons (Fsp3) is 0.786. The number of aliphatic hydroxyl groups is 4. The van der Waals surface area contributed by atoms with Crippen LogP contribution in [0.3, 0.4) is 0 Å². The summed E-state index contributed by atoms with van der Waals surface area (Å²) >= 11 is 0. The Hall–Kier alpha value is -1.27. The SMILES string of the molecule is CC(C)(C)C(O)([C@H](O)[C@H]1OC(=O)C(O)=C1O)C(C)(C)C. The van der Waals surface area contributed by atoms with Gasteiger partial charge in [0, 0.05) is 0 Å². The predicted molar refractivity (Wildman–Crippen MR) is 72.0 cm³/mol. The lowest BCUT2D eigenvalue weighted by atomic mass is 9.59. The van der Waals surface area contributed by atoms with E-state index in [9.17, 15) is 25.2 Å². The van der Waals surface area contributed by atoms with Crippen molar-refractivity contribution in [3.63, 3.8) is 0 Å². The molecule has 0 bridgehead atoms. The highest BCUT2D eigenvalue weighted by Gasteiger charge is 2.59. The third-order valence-electron chi connectivity index (χ3n) is 3.94. The van der Waals surface area contributed by atoms with Crippen LogP contribution in [0, 0.1) is 10.8 Å². The van der Waals surface area contributed by atoms with Crippen LogP contribution in [-0.4, -0.2) is 44.2 Å². The van der Waals surface area contributed by atoms with Crippen molar-refractivity contribution in [1.29, 1.82) is 0 Å². The molecule has 0 amide bonds. The highest BCUT2D eigenvalue weighted by molar-refractivity contribution is 5.89. The van der Waals surface area contributed by atoms with Gasteiger partial charge in [0.2, 0.25) is 5.76 Å². The molecule has 1 aliphatic heterocycles. The Labute approximate surface area is 118 Å². The van der Waals surface area contributed by atoms with Crippen molar-refractivity contribution in [3.8, 4) is 0 Å². The van der Waals surface area contributed by atoms with Crippen LogP contribution < -0.4 is 0 Å². The van der Waals surface area contributed by atoms with E-state index < -0.39 is 46.1 Å². The molecule has 6 nitrogen and oxygen atoms in total. The highest BCUT2D eigenvalue weighted by atomic mass is 16.6. The summed E-state index contributed by atoms with van der Waals surface area (Å²) < 4.78 is 4.76. The standard InChI is InChI=1S/C14H24O6/c1-12(2,3)14(19,13(4,5)6)10(17)9-7(15)8(16)11(18)20-9/h9-10,15-17,19H,1-6H3/t9-,10+/m0/s1. The maximum Gasteiger partial charge on any atom is 0.377 e. The first kappa shape index (κ1) is 16.8. The van der Waals surface area contributed by atoms with Crippen molar-refractivity contribution in [2.75, 3.05) is 0 Å². The molecule has 1 heterocycles. The Kier molecular flexibility index (Phi) is 3.89. The van der Waals surface area contributed by atoms with Gasteiger partial charge in [-0.3, -0.25) is 0 Å². The minimum atomic E-state index is -1.68. The fourth-order valence-corrected chi connectivity index (χ4v) is 2.91. The molecular weight excluding hydrogens is 264 g/mol. The van der Waals surface area contributed by atoms with E-state index in [0.717, 1.165) is 0 Å². The van der Waals surface area contributed by atoms with Crippen LogP contribution in [0.2, 0.25) is 0 Å². The smallest absolute Gasteiger partial charge is 0.377 e. The van der Waals surface area contributed by atoms with Gasteiger partial charge in [0.1, 0.15) is 11.7 Å². The summed E-state index contributed by atoms with van der Waals surface area (Å²) in [5.74, 6) is -2.80. The number of rotatable bonds is 2. The Morgan fingerprint density at radius 3 is 1.70 bits per heavy atom. The summed E-state index contributed by atoms with van der Waals surface area (Å²) in [5.41, 5.74) is -3.21. The number of esters is 1. The number of hydrogen-bond acceptors (Lipinski definition) is 6. The summed E-state index contributed by atoms with van der Waals surface area (Å²) in [6.07, 6.45) is -3.07. The quantitative estimate of drug-likeness (QED) is 0.572. The van der Waals surface area contributed by atoms with Crippen molar-refractivity contribution in [1.82, 2.24) is 0 Å². The zero-order chi connectivity index (χ0) is 16.1. The van der Waals surface area contributed by atoms with E-state index in [2.05, 4.69) is 0 Å². The molecule has 20 heavy (non-hydrogen) atoms. The first-order valence-electron chi connectivity index (χ1n) is 6.48. The topological polar surface area (TPSA) is 107 Å². The van der Waals surface area contributed by atoms with Gasteiger partial charge in [0.25, 0.3) is 0 Å². The molecule has 0 saturated heterocycles. The summed E-state index contributed by atoms with van der Waals surface area (Å²) in [6.45, 7) is 10.4. The number of hydrogen-bond donors (Lipinski definition) is 4. The van der Waals surface area contributed by atoms with Gasteiger partial charge in [-0.15, -0.1) is 0 Å². The maximum atomic E-state index is 11.2. The molecule has 4 N–H and O–H groups in total. The summed E-state index contributed by atoms with van der Waals surface area (Å²) in [4.78, 5) is 11.2. The van der Waals surface area contributed by atoms with Gasteiger partial charge in [-0.25, -0.2) is 4.79 Å². The molecule has 0 aromatic rings. The average Bonchev–Trinajstić information content (AvgIpc) is 2.52. The molecule has 0 fully saturated rings. The zero-order valence-corrected chi connectivity index (χ0v) is 12.8. The van der Waals surface area contributed by atoms with E-state index in [0.29, 0.717) is 0 Å². The summed E-state index contributed by atoms with van der Waals surface area (Å²) in [6, 6.07) is 0. The van der Waals surface area contributed by atoms with Gasteiger partial charge in [0.05, 0.1) is 0 Å². The van der Waals surface area contributed by atoms with Crippen molar-refractivity contribution in [3.05, 3.63) is 11.5 Å². The number of cyclic esters (lactones) is 1. The molecule has 0 aliphatic carbocycles. The average molecular weight is 288 g/mol. The normalized spacial score (nSPS) is 23.0. The van der Waals surface area contributed by atoms with Crippen LogP contribution in [0.1, 0.15) is 41.5 Å². The van der Waals surface area contributed by atoms with Crippen LogP contribution in [0.5, 0.6) is 0 Å². The molecule has 1 aliphatic rings. The van der Waals surface area contributed by atoms with Gasteiger partial charge in [-0.05, 0) is 10.8 Å². The molecule has 0 unspecified atom stereocenters. The minimum absolute atomic E-state index is 0.755. The molecule has 0 saturated carbocycles. The molecule has 2 atom stereocenters. The number of carbonyl (C=O) groups excluding carboxylic acids is 1. The second kappa shape index (κ2) is 4.63. The van der Waals surface area contributed by atoms with Gasteiger partial charge in [-0.1, -0.05) is 41.5 Å². The third-order valence-corrected chi connectivity index (χ3v) is 3.94. The Morgan fingerprint density at radius 1 is 1.05 bits per heavy atom. The second-order valence-corrected chi connectivity index (χ2v) is 7.27. The van der Waals surface area contributed by atoms with Gasteiger partial charge >= 0.3 is 5.97 Å². The molecule has 6 heteroatoms. The minimum Gasteiger partial charge on any atom is -0.505 e. The van der Waals surface area contributed by atoms with E-state index in [1.165, 1.54) is 0 Å². The van der Waals surface area contributed by atoms with Crippen molar-refractivity contribution in [2.45, 2.75) is 59.4 Å². The molecule has 0 radical (unpaired) electrons. The summed E-state index contributed by atoms with van der Waals surface area (Å²) in [5, 5.41) is 40.6. The van der Waals surface area contributed by atoms with Gasteiger partial charge in [-0.2, -0.15) is 0 Å². The lowest BCUT2D eigenvalue weighted by Gasteiger charge is -2.52. The molecule has 0 aromatic heterocycles. The number of aliphatic hydroxyl groups excluding tert-OH is 3. The lowest BCUT2D eigenvalue weighted by molar-refractivity contribution is -0.227. The number of ether oxygens (including phenoxy) is 1. The van der Waals surface area contributed by atoms with E-state index in [4.69, 9.17) is 4.74 Å². The lowest BCUT2D eigenvalue weighted by Crippen LogP contribution is -2.64. The van der Waals surface area contributed by atoms with Crippen molar-refractivity contribution >= 4 is 5.97 Å². The molecule has 116 valence electrons. The van der Waals surface area contributed by atoms with Gasteiger partial charge < -0.3 is 25.2 Å². The predicted octanol–water partition coefficient (Wildman–Crippen LogP) is 1.42. The third kappa shape index (κ3) is 2.27. The largest absolute Gasteiger partial charge is 0.505 e. The van der Waals surface area contributed by atoms with E-state index in [-0.39, 0.29) is 0 Å². The van der Waals surface area contributed by atoms with Gasteiger partial charge in [0.15, 0.2) is 11.9 Å². The zero-order valence-electron chi connectivity index (χ0n) is 12.8. The fourth-order valence-electron chi connectivity index (χ4n) is 2.91. The van der Waals surface area contributed by atoms with Crippen molar-refractivity contribution in [2.24, 2.45) is 10.8 Å². The Balaban J connectivity index is 3.29. The second-order valence-electron chi connectivity index (χ2n) is 7.27. The monoisotopic (exact) mass is 288 g/mol. The van der Waals surface area contributed by atoms with E-state index in [1.807, 2.05) is 0 Å². The van der Waals surface area contributed by atoms with Crippen LogP contribution in [0.4, 0.5) is 0 Å².